The normalized spacial score (nSPS) is 14.7. The van der Waals surface area contributed by atoms with Gasteiger partial charge in [-0.05, 0) is 216 Å². The molecule has 0 saturated heterocycles. The van der Waals surface area contributed by atoms with Gasteiger partial charge in [0.15, 0.2) is 0 Å². The maximum Gasteiger partial charge on any atom is 0.303 e. The van der Waals surface area contributed by atoms with E-state index in [9.17, 15) is 49.8 Å². The summed E-state index contributed by atoms with van der Waals surface area (Å²) in [5.41, 5.74) is 23.4. The van der Waals surface area contributed by atoms with Gasteiger partial charge in [-0.1, -0.05) is 19.1 Å². The number of hydrogen-bond acceptors (Lipinski definition) is 10. The van der Waals surface area contributed by atoms with Gasteiger partial charge >= 0.3 is 23.9 Å². The number of carbonyl (C=O) groups is 4. The van der Waals surface area contributed by atoms with Gasteiger partial charge in [-0.15, -0.1) is 0 Å². The molecule has 10 heterocycles. The summed E-state index contributed by atoms with van der Waals surface area (Å²) in [5, 5.41) is 62.0. The number of H-pyrrole nitrogens is 4. The number of aliphatic hydroxyl groups is 2. The molecule has 0 aliphatic carbocycles. The number of carboxylic acid groups (broad SMARTS) is 4. The number of hydrogen-bond donors (Lipinski definition) is 10. The van der Waals surface area contributed by atoms with E-state index >= 15 is 0 Å². The fourth-order valence-corrected chi connectivity index (χ4v) is 12.7. The van der Waals surface area contributed by atoms with Crippen molar-refractivity contribution >= 4 is 119 Å². The molecule has 6 aromatic rings. The van der Waals surface area contributed by atoms with E-state index in [1.165, 1.54) is 0 Å². The average Bonchev–Trinajstić information content (AvgIpc) is 2.73. The molecule has 4 aliphatic heterocycles. The van der Waals surface area contributed by atoms with Crippen LogP contribution < -0.4 is 0 Å². The maximum absolute atomic E-state index is 12.1. The van der Waals surface area contributed by atoms with Gasteiger partial charge in [0, 0.05) is 92.4 Å². The maximum atomic E-state index is 12.1. The van der Waals surface area contributed by atoms with Crippen molar-refractivity contribution in [2.24, 2.45) is 0 Å². The van der Waals surface area contributed by atoms with Crippen LogP contribution in [0.1, 0.15) is 208 Å². The Morgan fingerprint density at radius 1 is 0.384 bits per heavy atom. The second-order valence-corrected chi connectivity index (χ2v) is 23.1. The molecule has 444 valence electrons. The lowest BCUT2D eigenvalue weighted by Crippen LogP contribution is -1.97. The number of allylic oxidation sites excluding steroid dienone is 9. The molecule has 10 N–H and O–H groups in total. The van der Waals surface area contributed by atoms with Crippen molar-refractivity contribution in [1.82, 2.24) is 39.9 Å². The Morgan fingerprint density at radius 2 is 0.663 bits per heavy atom. The summed E-state index contributed by atoms with van der Waals surface area (Å²) in [6.07, 6.45) is 2.84. The van der Waals surface area contributed by atoms with Crippen LogP contribution in [-0.4, -0.2) is 94.4 Å². The minimum Gasteiger partial charge on any atom is -0.481 e. The van der Waals surface area contributed by atoms with Crippen molar-refractivity contribution in [3.63, 3.8) is 0 Å². The molecule has 0 spiro atoms. The number of aliphatic hydroxyl groups excluding tert-OH is 2. The Bertz CT molecular complexity index is 4440. The molecule has 86 heavy (non-hydrogen) atoms. The third-order valence-corrected chi connectivity index (χ3v) is 17.5. The predicted molar refractivity (Wildman–Crippen MR) is 337 cm³/mol. The van der Waals surface area contributed by atoms with Crippen molar-refractivity contribution in [1.29, 1.82) is 0 Å². The Hall–Kier alpha value is -9.26. The number of fused-ring (bicyclic) bond motifs is 16. The molecule has 0 saturated carbocycles. The van der Waals surface area contributed by atoms with Crippen molar-refractivity contribution in [3.8, 4) is 0 Å². The van der Waals surface area contributed by atoms with Crippen molar-refractivity contribution in [2.45, 2.75) is 146 Å². The Balaban J connectivity index is 1.21. The molecule has 18 heteroatoms. The first-order chi connectivity index (χ1) is 40.8. The largest absolute Gasteiger partial charge is 0.481 e. The highest BCUT2D eigenvalue weighted by Gasteiger charge is 2.27. The van der Waals surface area contributed by atoms with Gasteiger partial charge in [-0.25, -0.2) is 19.9 Å². The number of aromatic nitrogens is 8. The second-order valence-electron chi connectivity index (χ2n) is 23.1. The highest BCUT2D eigenvalue weighted by molar-refractivity contribution is 5.99. The summed E-state index contributed by atoms with van der Waals surface area (Å²) in [6.45, 7) is 21.3. The van der Waals surface area contributed by atoms with Crippen molar-refractivity contribution in [2.75, 3.05) is 0 Å². The molecule has 0 aromatic carbocycles. The molecule has 4 aliphatic rings. The van der Waals surface area contributed by atoms with Crippen LogP contribution in [0, 0.1) is 27.7 Å². The smallest absolute Gasteiger partial charge is 0.303 e. The molecule has 0 fully saturated rings. The quantitative estimate of drug-likeness (QED) is 0.0406. The van der Waals surface area contributed by atoms with Gasteiger partial charge in [0.25, 0.3) is 0 Å². The predicted octanol–water partition coefficient (Wildman–Crippen LogP) is 14.3. The van der Waals surface area contributed by atoms with Gasteiger partial charge in [0.2, 0.25) is 0 Å². The van der Waals surface area contributed by atoms with Crippen LogP contribution in [0.3, 0.4) is 0 Å². The molecule has 10 rings (SSSR count). The van der Waals surface area contributed by atoms with Crippen LogP contribution in [0.15, 0.2) is 54.6 Å². The van der Waals surface area contributed by atoms with E-state index in [-0.39, 0.29) is 57.3 Å². The minimum atomic E-state index is -0.952. The van der Waals surface area contributed by atoms with Crippen molar-refractivity contribution in [3.05, 3.63) is 145 Å². The number of aliphatic carboxylic acids is 4. The number of carboxylic acids is 4. The van der Waals surface area contributed by atoms with Gasteiger partial charge in [-0.2, -0.15) is 0 Å². The van der Waals surface area contributed by atoms with Crippen LogP contribution in [0.2, 0.25) is 0 Å². The number of aryl methyl sites for hydroxylation is 4. The zero-order valence-electron chi connectivity index (χ0n) is 50.3. The highest BCUT2D eigenvalue weighted by Crippen LogP contribution is 2.42. The topological polar surface area (TPSA) is 304 Å². The lowest BCUT2D eigenvalue weighted by atomic mass is 9.95. The van der Waals surface area contributed by atoms with Gasteiger partial charge in [-0.3, -0.25) is 19.2 Å². The molecular formula is C68H72N8O10. The van der Waals surface area contributed by atoms with E-state index in [1.807, 2.05) is 90.9 Å². The molecule has 3 atom stereocenters. The van der Waals surface area contributed by atoms with E-state index in [2.05, 4.69) is 52.0 Å². The molecule has 18 nitrogen and oxygen atoms in total. The Kier molecular flexibility index (Phi) is 16.5. The summed E-state index contributed by atoms with van der Waals surface area (Å²) >= 11 is 0. The highest BCUT2D eigenvalue weighted by atomic mass is 16.4. The molecule has 3 unspecified atom stereocenters. The van der Waals surface area contributed by atoms with Crippen LogP contribution in [0.5, 0.6) is 0 Å². The zero-order chi connectivity index (χ0) is 61.9. The first kappa shape index (κ1) is 59.9. The Labute approximate surface area is 496 Å². The van der Waals surface area contributed by atoms with Gasteiger partial charge in [0.1, 0.15) is 0 Å². The summed E-state index contributed by atoms with van der Waals surface area (Å²) < 4.78 is 0. The third-order valence-electron chi connectivity index (χ3n) is 17.5. The third kappa shape index (κ3) is 11.5. The lowest BCUT2D eigenvalue weighted by Gasteiger charge is -2.08. The number of nitrogens with zero attached hydrogens (tertiary/aromatic N) is 4. The van der Waals surface area contributed by atoms with Crippen LogP contribution in [0.4, 0.5) is 0 Å². The van der Waals surface area contributed by atoms with E-state index in [4.69, 9.17) is 19.9 Å². The Morgan fingerprint density at radius 3 is 1.00 bits per heavy atom. The first-order valence-corrected chi connectivity index (χ1v) is 29.0. The standard InChI is InChI=1S/C68H72N8O10/c1-30(66-36(7)51-23-48-33(4)43(15-19-63(81)82)56(71-48)29-58-45(17-21-65(85)86)35(6)50(73-58)26-61-68(40(11)78)38(9)53(76-61)27-59(66)74-51)12-13-41-31(2)46-22-47-32(3)42(14-18-62(79)80)55(70-47)28-57-44(16-20-64(83)84)34(5)49(72-57)25-60-67(39(10)77)37(8)52(75-60)24-54(41)69-46/h12-13,22-30,39-40,69,74-78H,14-21H2,1-11H3,(H,79,80)(H,81,82)(H,83,84)(H,85,86)/b13-12+,46-22?,47-22?,48-23?,49-25?,50-26?,51-23?,52-24?,53-27?,54-24?,55-28?,56-29?,57-28?,58-29?,59-27?,60-25?,61-26?. The fourth-order valence-electron chi connectivity index (χ4n) is 12.7. The monoisotopic (exact) mass is 1160 g/mol. The molecular weight excluding hydrogens is 1090 g/mol. The van der Waals surface area contributed by atoms with E-state index in [0.717, 1.165) is 111 Å². The van der Waals surface area contributed by atoms with Gasteiger partial charge < -0.3 is 50.6 Å². The second kappa shape index (κ2) is 23.7. The van der Waals surface area contributed by atoms with E-state index in [1.54, 1.807) is 13.8 Å². The summed E-state index contributed by atoms with van der Waals surface area (Å²) in [4.78, 5) is 83.0. The first-order valence-electron chi connectivity index (χ1n) is 29.0. The summed E-state index contributed by atoms with van der Waals surface area (Å²) in [5.74, 6) is -4.05. The van der Waals surface area contributed by atoms with Crippen LogP contribution in [-0.2, 0) is 19.2 Å². The lowest BCUT2D eigenvalue weighted by molar-refractivity contribution is -0.137. The van der Waals surface area contributed by atoms with E-state index < -0.39 is 36.1 Å². The fraction of sp³-hybridized carbons (Fsp3) is 0.324. The average molecular weight is 1160 g/mol. The molecule has 6 aromatic heterocycles. The molecule has 16 bridgehead atoms. The van der Waals surface area contributed by atoms with Crippen LogP contribution in [0.25, 0.3) is 94.8 Å². The van der Waals surface area contributed by atoms with Crippen molar-refractivity contribution < 1.29 is 49.8 Å². The van der Waals surface area contributed by atoms with E-state index in [0.29, 0.717) is 67.7 Å². The van der Waals surface area contributed by atoms with Gasteiger partial charge in [0.05, 0.1) is 57.8 Å². The summed E-state index contributed by atoms with van der Waals surface area (Å²) in [6, 6.07) is 15.5. The van der Waals surface area contributed by atoms with Crippen LogP contribution >= 0.6 is 0 Å². The summed E-state index contributed by atoms with van der Waals surface area (Å²) in [7, 11) is 0. The molecule has 0 radical (unpaired) electrons. The SMILES string of the molecule is CC1=C(CCC(=O)O)c2cc3nc(cc4[nH]c(cc5[nH]c(cc1n2)c(C)c5/C=C/C(C)c1c(C)c2cc5nc(cc6nc(cc7[nH]c(cc1[nH]2)c(C)c7C(C)O)C(C)=C6CCC(=O)O)C(CCC(=O)O)=C5C)c(C)c4C(C)O)C(C)=C3CCC(=O)O. The zero-order valence-corrected chi connectivity index (χ0v) is 50.3. The number of aromatic amines is 4. The number of rotatable bonds is 17. The number of nitrogens with one attached hydrogen (secondary N) is 4. The minimum absolute atomic E-state index is 0.124. The molecule has 0 amide bonds.